The van der Waals surface area contributed by atoms with Gasteiger partial charge in [0, 0.05) is 0 Å². The summed E-state index contributed by atoms with van der Waals surface area (Å²) in [5, 5.41) is 20.3. The largest absolute Gasteiger partial charge is 0.387 e. The highest BCUT2D eigenvalue weighted by molar-refractivity contribution is 5.18. The van der Waals surface area contributed by atoms with Crippen molar-refractivity contribution in [1.82, 2.24) is 0 Å². The van der Waals surface area contributed by atoms with Gasteiger partial charge in [0.2, 0.25) is 0 Å². The lowest BCUT2D eigenvalue weighted by Gasteiger charge is -2.46. The summed E-state index contributed by atoms with van der Waals surface area (Å²) < 4.78 is 0. The molecule has 2 heteroatoms. The summed E-state index contributed by atoms with van der Waals surface area (Å²) in [6.45, 7) is 5.66. The minimum Gasteiger partial charge on any atom is -0.387 e. The molecule has 0 unspecified atom stereocenters. The topological polar surface area (TPSA) is 40.5 Å². The molecule has 0 aliphatic heterocycles. The van der Waals surface area contributed by atoms with Crippen LogP contribution in [0.25, 0.3) is 0 Å². The van der Waals surface area contributed by atoms with Gasteiger partial charge in [-0.15, -0.1) is 0 Å². The molecule has 4 atom stereocenters. The predicted molar refractivity (Wildman–Crippen MR) is 46.7 cm³/mol. The zero-order chi connectivity index (χ0) is 9.20. The molecule has 0 heterocycles. The number of hydrogen-bond donors (Lipinski definition) is 2. The lowest BCUT2D eigenvalue weighted by molar-refractivity contribution is -0.184. The Kier molecular flexibility index (Phi) is 1.33. The van der Waals surface area contributed by atoms with E-state index < -0.39 is 11.2 Å². The predicted octanol–water partition coefficient (Wildman–Crippen LogP) is 1.31. The molecule has 0 radical (unpaired) electrons. The number of hydrogen-bond acceptors (Lipinski definition) is 2. The van der Waals surface area contributed by atoms with Crippen LogP contribution in [0.1, 0.15) is 40.0 Å². The van der Waals surface area contributed by atoms with Gasteiger partial charge in [0.15, 0.2) is 0 Å². The van der Waals surface area contributed by atoms with Gasteiger partial charge in [-0.2, -0.15) is 0 Å². The maximum absolute atomic E-state index is 10.2. The highest BCUT2D eigenvalue weighted by Gasteiger charge is 2.67. The lowest BCUT2D eigenvalue weighted by Crippen LogP contribution is -2.57. The van der Waals surface area contributed by atoms with Crippen molar-refractivity contribution >= 4 is 0 Å². The summed E-state index contributed by atoms with van der Waals surface area (Å²) in [5.74, 6) is 0.303. The summed E-state index contributed by atoms with van der Waals surface area (Å²) in [7, 11) is 0. The summed E-state index contributed by atoms with van der Waals surface area (Å²) in [4.78, 5) is 0. The molecule has 0 aromatic heterocycles. The molecule has 0 amide bonds. The summed E-state index contributed by atoms with van der Waals surface area (Å²) in [6.07, 6.45) is 3.10. The normalized spacial score (nSPS) is 64.2. The first-order valence-corrected chi connectivity index (χ1v) is 4.76. The molecule has 0 aromatic carbocycles. The molecule has 0 aromatic rings. The van der Waals surface area contributed by atoms with Crippen molar-refractivity contribution in [3.05, 3.63) is 0 Å². The second kappa shape index (κ2) is 1.88. The highest BCUT2D eigenvalue weighted by atomic mass is 16.4. The first kappa shape index (κ1) is 8.52. The Hall–Kier alpha value is -0.0800. The molecule has 2 aliphatic carbocycles. The van der Waals surface area contributed by atoms with Crippen LogP contribution in [0.2, 0.25) is 0 Å². The second-order valence-corrected chi connectivity index (χ2v) is 5.22. The van der Waals surface area contributed by atoms with Gasteiger partial charge in [-0.25, -0.2) is 0 Å². The SMILES string of the molecule is C[C@]12CC[C@H](C1)[C@](C)(O)[C@@]2(C)O. The van der Waals surface area contributed by atoms with E-state index in [0.29, 0.717) is 5.92 Å². The monoisotopic (exact) mass is 170 g/mol. The van der Waals surface area contributed by atoms with Crippen LogP contribution in [0.15, 0.2) is 0 Å². The van der Waals surface area contributed by atoms with E-state index in [1.807, 2.05) is 0 Å². The van der Waals surface area contributed by atoms with E-state index in [-0.39, 0.29) is 5.41 Å². The molecule has 12 heavy (non-hydrogen) atoms. The Balaban J connectivity index is 2.46. The van der Waals surface area contributed by atoms with Crippen LogP contribution in [0, 0.1) is 11.3 Å². The third-order valence-corrected chi connectivity index (χ3v) is 4.70. The second-order valence-electron chi connectivity index (χ2n) is 5.22. The quantitative estimate of drug-likeness (QED) is 0.575. The van der Waals surface area contributed by atoms with Crippen molar-refractivity contribution in [2.75, 3.05) is 0 Å². The van der Waals surface area contributed by atoms with Gasteiger partial charge in [0.05, 0.1) is 11.2 Å². The van der Waals surface area contributed by atoms with Crippen LogP contribution < -0.4 is 0 Å². The summed E-state index contributed by atoms with van der Waals surface area (Å²) in [6, 6.07) is 0. The average molecular weight is 170 g/mol. The molecule has 2 bridgehead atoms. The Morgan fingerprint density at radius 3 is 2.00 bits per heavy atom. The highest BCUT2D eigenvalue weighted by Crippen LogP contribution is 2.63. The van der Waals surface area contributed by atoms with Gasteiger partial charge in [-0.3, -0.25) is 0 Å². The van der Waals surface area contributed by atoms with Crippen molar-refractivity contribution in [3.8, 4) is 0 Å². The van der Waals surface area contributed by atoms with Gasteiger partial charge in [0.1, 0.15) is 0 Å². The van der Waals surface area contributed by atoms with Crippen molar-refractivity contribution in [2.45, 2.75) is 51.2 Å². The van der Waals surface area contributed by atoms with Crippen molar-refractivity contribution < 1.29 is 10.2 Å². The fraction of sp³-hybridized carbons (Fsp3) is 1.00. The van der Waals surface area contributed by atoms with Gasteiger partial charge in [-0.05, 0) is 44.4 Å². The van der Waals surface area contributed by atoms with Crippen LogP contribution in [0.4, 0.5) is 0 Å². The molecule has 0 spiro atoms. The summed E-state index contributed by atoms with van der Waals surface area (Å²) >= 11 is 0. The van der Waals surface area contributed by atoms with Crippen LogP contribution in [0.3, 0.4) is 0 Å². The fourth-order valence-electron chi connectivity index (χ4n) is 3.17. The van der Waals surface area contributed by atoms with Gasteiger partial charge >= 0.3 is 0 Å². The molecular weight excluding hydrogens is 152 g/mol. The van der Waals surface area contributed by atoms with Gasteiger partial charge in [-0.1, -0.05) is 6.92 Å². The van der Waals surface area contributed by atoms with Crippen molar-refractivity contribution in [2.24, 2.45) is 11.3 Å². The number of fused-ring (bicyclic) bond motifs is 2. The number of aliphatic hydroxyl groups is 2. The third-order valence-electron chi connectivity index (χ3n) is 4.70. The van der Waals surface area contributed by atoms with Gasteiger partial charge in [0.25, 0.3) is 0 Å². The van der Waals surface area contributed by atoms with E-state index in [0.717, 1.165) is 19.3 Å². The van der Waals surface area contributed by atoms with E-state index in [1.54, 1.807) is 13.8 Å². The van der Waals surface area contributed by atoms with E-state index in [2.05, 4.69) is 6.92 Å². The van der Waals surface area contributed by atoms with Gasteiger partial charge < -0.3 is 10.2 Å². The Morgan fingerprint density at radius 2 is 1.75 bits per heavy atom. The Labute approximate surface area is 73.6 Å². The van der Waals surface area contributed by atoms with Crippen LogP contribution >= 0.6 is 0 Å². The van der Waals surface area contributed by atoms with Crippen LogP contribution in [-0.4, -0.2) is 21.4 Å². The third kappa shape index (κ3) is 0.647. The number of rotatable bonds is 0. The average Bonchev–Trinajstić information content (AvgIpc) is 2.36. The fourth-order valence-corrected chi connectivity index (χ4v) is 3.17. The van der Waals surface area contributed by atoms with Crippen molar-refractivity contribution in [1.29, 1.82) is 0 Å². The van der Waals surface area contributed by atoms with Crippen LogP contribution in [0.5, 0.6) is 0 Å². The first-order chi connectivity index (χ1) is 5.31. The van der Waals surface area contributed by atoms with Crippen LogP contribution in [-0.2, 0) is 0 Å². The smallest absolute Gasteiger partial charge is 0.0958 e. The molecule has 2 fully saturated rings. The molecule has 2 aliphatic rings. The minimum absolute atomic E-state index is 0.0544. The Bertz CT molecular complexity index is 213. The summed E-state index contributed by atoms with van der Waals surface area (Å²) in [5.41, 5.74) is -1.83. The minimum atomic E-state index is -0.900. The Morgan fingerprint density at radius 1 is 1.17 bits per heavy atom. The molecule has 70 valence electrons. The molecule has 2 N–H and O–H groups in total. The molecule has 2 nitrogen and oxygen atoms in total. The molecule has 0 saturated heterocycles. The van der Waals surface area contributed by atoms with Crippen molar-refractivity contribution in [3.63, 3.8) is 0 Å². The zero-order valence-electron chi connectivity index (χ0n) is 8.09. The molecule has 2 saturated carbocycles. The zero-order valence-corrected chi connectivity index (χ0v) is 8.09. The molecular formula is C10H18O2. The standard InChI is InChI=1S/C10H18O2/c1-8-5-4-7(6-8)9(2,11)10(8,3)12/h7,11-12H,4-6H2,1-3H3/t7-,8+,9+,10+/m1/s1. The molecule has 2 rings (SSSR count). The lowest BCUT2D eigenvalue weighted by atomic mass is 9.67. The van der Waals surface area contributed by atoms with E-state index in [1.165, 1.54) is 0 Å². The first-order valence-electron chi connectivity index (χ1n) is 4.76. The maximum Gasteiger partial charge on any atom is 0.0958 e. The van der Waals surface area contributed by atoms with E-state index in [9.17, 15) is 10.2 Å². The maximum atomic E-state index is 10.2. The van der Waals surface area contributed by atoms with E-state index in [4.69, 9.17) is 0 Å². The van der Waals surface area contributed by atoms with E-state index >= 15 is 0 Å².